The SMILES string of the molecule is CCNC(=NCc1cccc(C(=O)NC(C)CC)c1)NCc1ccccc1. The van der Waals surface area contributed by atoms with E-state index in [9.17, 15) is 4.79 Å². The number of amides is 1. The number of hydrogen-bond acceptors (Lipinski definition) is 2. The molecule has 0 aliphatic rings. The number of carbonyl (C=O) groups excluding carboxylic acids is 1. The Balaban J connectivity index is 2.00. The van der Waals surface area contributed by atoms with Crippen molar-refractivity contribution in [1.29, 1.82) is 0 Å². The molecule has 1 atom stereocenters. The zero-order valence-electron chi connectivity index (χ0n) is 16.5. The minimum Gasteiger partial charge on any atom is -0.357 e. The standard InChI is InChI=1S/C22H30N4O/c1-4-17(3)26-21(27)20-13-9-12-19(14-20)16-25-22(23-5-2)24-15-18-10-7-6-8-11-18/h6-14,17H,4-5,15-16H2,1-3H3,(H,26,27)(H2,23,24,25). The number of rotatable bonds is 8. The number of guanidine groups is 1. The quantitative estimate of drug-likeness (QED) is 0.495. The lowest BCUT2D eigenvalue weighted by atomic mass is 10.1. The summed E-state index contributed by atoms with van der Waals surface area (Å²) in [5.41, 5.74) is 2.88. The third-order valence-electron chi connectivity index (χ3n) is 4.25. The number of hydrogen-bond donors (Lipinski definition) is 3. The molecule has 0 radical (unpaired) electrons. The Morgan fingerprint density at radius 3 is 2.44 bits per heavy atom. The normalized spacial score (nSPS) is 12.3. The molecule has 0 spiro atoms. The summed E-state index contributed by atoms with van der Waals surface area (Å²) in [6.07, 6.45) is 0.912. The van der Waals surface area contributed by atoms with E-state index in [0.29, 0.717) is 18.7 Å². The van der Waals surface area contributed by atoms with Crippen LogP contribution in [0.1, 0.15) is 48.7 Å². The van der Waals surface area contributed by atoms with Crippen molar-refractivity contribution in [2.75, 3.05) is 6.54 Å². The largest absolute Gasteiger partial charge is 0.357 e. The highest BCUT2D eigenvalue weighted by atomic mass is 16.1. The maximum atomic E-state index is 12.3. The summed E-state index contributed by atoms with van der Waals surface area (Å²) in [6, 6.07) is 18.0. The third kappa shape index (κ3) is 7.13. The van der Waals surface area contributed by atoms with Crippen LogP contribution in [-0.4, -0.2) is 24.5 Å². The Hall–Kier alpha value is -2.82. The van der Waals surface area contributed by atoms with Gasteiger partial charge in [-0.3, -0.25) is 4.79 Å². The Kier molecular flexibility index (Phi) is 8.36. The summed E-state index contributed by atoms with van der Waals surface area (Å²) >= 11 is 0. The molecule has 1 amide bonds. The minimum atomic E-state index is -0.0377. The highest BCUT2D eigenvalue weighted by molar-refractivity contribution is 5.94. The summed E-state index contributed by atoms with van der Waals surface area (Å²) < 4.78 is 0. The molecule has 0 bridgehead atoms. The Morgan fingerprint density at radius 1 is 1.00 bits per heavy atom. The summed E-state index contributed by atoms with van der Waals surface area (Å²) in [6.45, 7) is 8.12. The van der Waals surface area contributed by atoms with E-state index in [1.165, 1.54) is 5.56 Å². The Bertz CT molecular complexity index is 743. The van der Waals surface area contributed by atoms with E-state index in [1.54, 1.807) is 0 Å². The van der Waals surface area contributed by atoms with Crippen LogP contribution in [0.2, 0.25) is 0 Å². The fourth-order valence-electron chi connectivity index (χ4n) is 2.51. The van der Waals surface area contributed by atoms with Crippen molar-refractivity contribution in [2.45, 2.75) is 46.3 Å². The maximum Gasteiger partial charge on any atom is 0.251 e. The molecule has 2 rings (SSSR count). The van der Waals surface area contributed by atoms with Crippen molar-refractivity contribution in [3.8, 4) is 0 Å². The fourth-order valence-corrected chi connectivity index (χ4v) is 2.51. The second kappa shape index (κ2) is 11.0. The molecule has 27 heavy (non-hydrogen) atoms. The molecule has 0 saturated heterocycles. The van der Waals surface area contributed by atoms with Gasteiger partial charge in [0.05, 0.1) is 6.54 Å². The highest BCUT2D eigenvalue weighted by Crippen LogP contribution is 2.08. The van der Waals surface area contributed by atoms with E-state index in [1.807, 2.05) is 56.3 Å². The lowest BCUT2D eigenvalue weighted by molar-refractivity contribution is 0.0939. The maximum absolute atomic E-state index is 12.3. The first-order valence-electron chi connectivity index (χ1n) is 9.58. The van der Waals surface area contributed by atoms with Gasteiger partial charge in [0.1, 0.15) is 0 Å². The first kappa shape index (κ1) is 20.5. The van der Waals surface area contributed by atoms with Gasteiger partial charge in [0.25, 0.3) is 5.91 Å². The number of nitrogens with zero attached hydrogens (tertiary/aromatic N) is 1. The van der Waals surface area contributed by atoms with Crippen molar-refractivity contribution in [2.24, 2.45) is 4.99 Å². The van der Waals surface area contributed by atoms with Crippen molar-refractivity contribution >= 4 is 11.9 Å². The third-order valence-corrected chi connectivity index (χ3v) is 4.25. The lowest BCUT2D eigenvalue weighted by Gasteiger charge is -2.13. The van der Waals surface area contributed by atoms with E-state index in [-0.39, 0.29) is 11.9 Å². The molecular weight excluding hydrogens is 336 g/mol. The van der Waals surface area contributed by atoms with E-state index >= 15 is 0 Å². The van der Waals surface area contributed by atoms with Gasteiger partial charge in [-0.15, -0.1) is 0 Å². The molecule has 3 N–H and O–H groups in total. The molecule has 5 heteroatoms. The van der Waals surface area contributed by atoms with Crippen LogP contribution in [0.4, 0.5) is 0 Å². The fraction of sp³-hybridized carbons (Fsp3) is 0.364. The Morgan fingerprint density at radius 2 is 1.74 bits per heavy atom. The molecule has 5 nitrogen and oxygen atoms in total. The smallest absolute Gasteiger partial charge is 0.251 e. The summed E-state index contributed by atoms with van der Waals surface area (Å²) in [5.74, 6) is 0.722. The molecule has 0 heterocycles. The van der Waals surface area contributed by atoms with Crippen molar-refractivity contribution in [1.82, 2.24) is 16.0 Å². The minimum absolute atomic E-state index is 0.0377. The molecule has 0 aliphatic heterocycles. The van der Waals surface area contributed by atoms with E-state index in [4.69, 9.17) is 0 Å². The molecule has 2 aromatic carbocycles. The van der Waals surface area contributed by atoms with Crippen molar-refractivity contribution in [3.05, 3.63) is 71.3 Å². The summed E-state index contributed by atoms with van der Waals surface area (Å²) in [7, 11) is 0. The van der Waals surface area contributed by atoms with Gasteiger partial charge >= 0.3 is 0 Å². The van der Waals surface area contributed by atoms with E-state index in [0.717, 1.165) is 24.5 Å². The van der Waals surface area contributed by atoms with Crippen LogP contribution in [0.15, 0.2) is 59.6 Å². The Labute approximate surface area is 162 Å². The van der Waals surface area contributed by atoms with Gasteiger partial charge in [-0.25, -0.2) is 4.99 Å². The van der Waals surface area contributed by atoms with Crippen LogP contribution < -0.4 is 16.0 Å². The first-order valence-corrected chi connectivity index (χ1v) is 9.58. The summed E-state index contributed by atoms with van der Waals surface area (Å²) in [5, 5.41) is 9.59. The molecule has 2 aromatic rings. The van der Waals surface area contributed by atoms with E-state index < -0.39 is 0 Å². The first-order chi connectivity index (χ1) is 13.1. The average Bonchev–Trinajstić information content (AvgIpc) is 2.71. The topological polar surface area (TPSA) is 65.5 Å². The van der Waals surface area contributed by atoms with Gasteiger partial charge in [-0.1, -0.05) is 49.4 Å². The van der Waals surface area contributed by atoms with Gasteiger partial charge in [0.2, 0.25) is 0 Å². The molecule has 0 saturated carbocycles. The lowest BCUT2D eigenvalue weighted by Crippen LogP contribution is -2.36. The predicted molar refractivity (Wildman–Crippen MR) is 112 cm³/mol. The molecular formula is C22H30N4O. The monoisotopic (exact) mass is 366 g/mol. The van der Waals surface area contributed by atoms with Gasteiger partial charge < -0.3 is 16.0 Å². The highest BCUT2D eigenvalue weighted by Gasteiger charge is 2.09. The molecule has 1 unspecified atom stereocenters. The van der Waals surface area contributed by atoms with Crippen LogP contribution in [0.3, 0.4) is 0 Å². The second-order valence-corrected chi connectivity index (χ2v) is 6.52. The number of benzene rings is 2. The molecule has 0 aliphatic carbocycles. The number of carbonyl (C=O) groups is 1. The van der Waals surface area contributed by atoms with Crippen LogP contribution >= 0.6 is 0 Å². The van der Waals surface area contributed by atoms with Crippen LogP contribution in [-0.2, 0) is 13.1 Å². The van der Waals surface area contributed by atoms with Gasteiger partial charge in [0, 0.05) is 24.7 Å². The zero-order valence-corrected chi connectivity index (χ0v) is 16.5. The number of aliphatic imine (C=N–C) groups is 1. The van der Waals surface area contributed by atoms with Gasteiger partial charge in [-0.2, -0.15) is 0 Å². The van der Waals surface area contributed by atoms with Gasteiger partial charge in [0.15, 0.2) is 5.96 Å². The van der Waals surface area contributed by atoms with Crippen molar-refractivity contribution < 1.29 is 4.79 Å². The van der Waals surface area contributed by atoms with Gasteiger partial charge in [-0.05, 0) is 43.5 Å². The zero-order chi connectivity index (χ0) is 19.5. The van der Waals surface area contributed by atoms with Crippen LogP contribution in [0.5, 0.6) is 0 Å². The molecule has 0 fully saturated rings. The second-order valence-electron chi connectivity index (χ2n) is 6.52. The average molecular weight is 367 g/mol. The molecule has 0 aromatic heterocycles. The molecule has 144 valence electrons. The van der Waals surface area contributed by atoms with E-state index in [2.05, 4.69) is 40.0 Å². The van der Waals surface area contributed by atoms with Crippen LogP contribution in [0, 0.1) is 0 Å². The van der Waals surface area contributed by atoms with Crippen molar-refractivity contribution in [3.63, 3.8) is 0 Å². The summed E-state index contributed by atoms with van der Waals surface area (Å²) in [4.78, 5) is 16.9. The van der Waals surface area contributed by atoms with Crippen LogP contribution in [0.25, 0.3) is 0 Å². The predicted octanol–water partition coefficient (Wildman–Crippen LogP) is 3.47. The number of nitrogens with one attached hydrogen (secondary N) is 3.